The van der Waals surface area contributed by atoms with Gasteiger partial charge in [0.05, 0.1) is 0 Å². The third kappa shape index (κ3) is 5.48. The molecule has 8 aromatic carbocycles. The zero-order valence-corrected chi connectivity index (χ0v) is 36.4. The van der Waals surface area contributed by atoms with Gasteiger partial charge in [-0.05, 0) is 0 Å². The first kappa shape index (κ1) is 35.8. The number of benzene rings is 8. The summed E-state index contributed by atoms with van der Waals surface area (Å²) in [7, 11) is 18.4. The second kappa shape index (κ2) is 13.8. The maximum atomic E-state index is 9.21. The second-order valence-electron chi connectivity index (χ2n) is 15.6. The van der Waals surface area contributed by atoms with Crippen LogP contribution in [0.3, 0.4) is 0 Å². The Bertz CT molecular complexity index is 2800. The second-order valence-corrected chi connectivity index (χ2v) is 50.6. The fourth-order valence-electron chi connectivity index (χ4n) is 10.3. The summed E-state index contributed by atoms with van der Waals surface area (Å²) >= 11 is -5.52. The molecule has 0 aliphatic heterocycles. The molecule has 0 heterocycles. The predicted octanol–water partition coefficient (Wildman–Crippen LogP) is 13.7. The zero-order chi connectivity index (χ0) is 38.0. The number of fused-ring (bicyclic) bond motifs is 4. The monoisotopic (exact) mass is 852 g/mol. The summed E-state index contributed by atoms with van der Waals surface area (Å²) in [6.07, 6.45) is 4.85. The Hall–Kier alpha value is -4.56. The molecule has 2 aliphatic rings. The molecule has 2 aliphatic carbocycles. The number of allylic oxidation sites excluding steroid dienone is 2. The van der Waals surface area contributed by atoms with Crippen molar-refractivity contribution in [2.24, 2.45) is 0 Å². The van der Waals surface area contributed by atoms with Crippen LogP contribution in [-0.4, -0.2) is 5.43 Å². The summed E-state index contributed by atoms with van der Waals surface area (Å²) in [5.74, 6) is 0. The van der Waals surface area contributed by atoms with Crippen molar-refractivity contribution < 1.29 is 15.0 Å². The van der Waals surface area contributed by atoms with Crippen LogP contribution < -0.4 is 10.4 Å². The van der Waals surface area contributed by atoms with E-state index < -0.39 is 20.4 Å². The average Bonchev–Trinajstić information content (AvgIpc) is 3.78. The van der Waals surface area contributed by atoms with Crippen molar-refractivity contribution in [1.82, 2.24) is 0 Å². The molecule has 270 valence electrons. The van der Waals surface area contributed by atoms with Gasteiger partial charge >= 0.3 is 340 Å². The molecule has 0 nitrogen and oxygen atoms in total. The van der Waals surface area contributed by atoms with Gasteiger partial charge in [-0.15, -0.1) is 0 Å². The summed E-state index contributed by atoms with van der Waals surface area (Å²) in [6.45, 7) is 4.60. The van der Waals surface area contributed by atoms with E-state index >= 15 is 0 Å². The third-order valence-corrected chi connectivity index (χ3v) is 50.7. The fourth-order valence-corrected chi connectivity index (χ4v) is 56.7. The molecule has 0 spiro atoms. The first-order valence-corrected chi connectivity index (χ1v) is 33.8. The third-order valence-electron chi connectivity index (χ3n) is 12.4. The van der Waals surface area contributed by atoms with Crippen LogP contribution in [0.2, 0.25) is 0 Å². The van der Waals surface area contributed by atoms with Gasteiger partial charge in [0.2, 0.25) is 0 Å². The first-order valence-electron chi connectivity index (χ1n) is 19.5. The minimum atomic E-state index is -5.52. The molecular weight excluding hydrogens is 815 g/mol. The van der Waals surface area contributed by atoms with Gasteiger partial charge in [-0.2, -0.15) is 0 Å². The van der Waals surface area contributed by atoms with E-state index in [4.69, 9.17) is 0 Å². The summed E-state index contributed by atoms with van der Waals surface area (Å²) in [6, 6.07) is 66.4. The molecule has 0 N–H and O–H groups in total. The van der Waals surface area contributed by atoms with Crippen molar-refractivity contribution in [3.8, 4) is 22.3 Å². The molecule has 0 saturated heterocycles. The Kier molecular flexibility index (Phi) is 8.84. The van der Waals surface area contributed by atoms with E-state index in [1.165, 1.54) is 87.6 Å². The Morgan fingerprint density at radius 3 is 1.20 bits per heavy atom. The van der Waals surface area contributed by atoms with Gasteiger partial charge in [0.1, 0.15) is 0 Å². The van der Waals surface area contributed by atoms with Gasteiger partial charge in [0, 0.05) is 0 Å². The molecule has 0 radical (unpaired) electrons. The first-order chi connectivity index (χ1) is 27.3. The molecule has 10 rings (SSSR count). The molecule has 0 fully saturated rings. The Labute approximate surface area is 337 Å². The van der Waals surface area contributed by atoms with Crippen molar-refractivity contribution in [2.75, 3.05) is 0 Å². The molecule has 0 aromatic heterocycles. The normalized spacial score (nSPS) is 16.4. The molecular formula is C52H40Cl2SiZr. The molecule has 2 unspecified atom stereocenters. The van der Waals surface area contributed by atoms with E-state index in [9.17, 15) is 17.0 Å². The van der Waals surface area contributed by atoms with E-state index in [1.54, 1.807) is 0 Å². The Balaban J connectivity index is 1.31. The van der Waals surface area contributed by atoms with Gasteiger partial charge in [-0.3, -0.25) is 0 Å². The summed E-state index contributed by atoms with van der Waals surface area (Å²) in [4.78, 5) is 0. The van der Waals surface area contributed by atoms with E-state index in [0.717, 1.165) is 0 Å². The molecule has 0 amide bonds. The summed E-state index contributed by atoms with van der Waals surface area (Å²) < 4.78 is -0.223. The SMILES string of the molecule is CC1=Cc2c(-c3cccc4ccccc34)cccc2[CH]1[Zr]([Cl])([Cl])([CH]1C(C)=Cc2c(-c3cccc4ccccc34)cccc21)=[Si](c1ccccc1)c1ccccc1. The van der Waals surface area contributed by atoms with Crippen molar-refractivity contribution in [2.45, 2.75) is 21.1 Å². The van der Waals surface area contributed by atoms with E-state index in [1.807, 2.05) is 0 Å². The Morgan fingerprint density at radius 1 is 0.393 bits per heavy atom. The summed E-state index contributed by atoms with van der Waals surface area (Å²) in [5, 5.41) is 7.53. The van der Waals surface area contributed by atoms with E-state index in [2.05, 4.69) is 208 Å². The average molecular weight is 855 g/mol. The maximum absolute atomic E-state index is 9.21. The van der Waals surface area contributed by atoms with Crippen molar-refractivity contribution in [1.29, 1.82) is 0 Å². The topological polar surface area (TPSA) is 0 Å². The number of rotatable bonds is 6. The van der Waals surface area contributed by atoms with Crippen molar-refractivity contribution >= 4 is 66.5 Å². The van der Waals surface area contributed by atoms with E-state index in [0.29, 0.717) is 0 Å². The van der Waals surface area contributed by atoms with Crippen LogP contribution in [0.4, 0.5) is 0 Å². The summed E-state index contributed by atoms with van der Waals surface area (Å²) in [5.41, 5.74) is 10.7. The molecule has 8 aromatic rings. The van der Waals surface area contributed by atoms with Gasteiger partial charge < -0.3 is 0 Å². The van der Waals surface area contributed by atoms with Crippen LogP contribution in [0.5, 0.6) is 0 Å². The van der Waals surface area contributed by atoms with Crippen LogP contribution in [0, 0.1) is 0 Å². The molecule has 0 saturated carbocycles. The quantitative estimate of drug-likeness (QED) is 0.146. The van der Waals surface area contributed by atoms with Gasteiger partial charge in [0.25, 0.3) is 0 Å². The minimum absolute atomic E-state index is 0.112. The standard InChI is InChI=1S/2C20H15.C12H10Si.2ClH.Zr/c2*1-14-12-16-8-5-11-19(20(16)13-14)18-10-4-7-15-6-2-3-9-17(15)18;1-3-7-11(8-4-1)13-12-9-5-2-6-10-12;;;/h2*2-13H,1H3;1-10H;2*1H;/q;;;;;+2/p-2. The molecule has 56 heavy (non-hydrogen) atoms. The van der Waals surface area contributed by atoms with Crippen LogP contribution in [0.15, 0.2) is 193 Å². The van der Waals surface area contributed by atoms with Crippen LogP contribution in [-0.2, 0) is 15.0 Å². The van der Waals surface area contributed by atoms with Crippen LogP contribution in [0.1, 0.15) is 43.4 Å². The van der Waals surface area contributed by atoms with Gasteiger partial charge in [-0.1, -0.05) is 0 Å². The van der Waals surface area contributed by atoms with Crippen LogP contribution >= 0.6 is 17.0 Å². The van der Waals surface area contributed by atoms with Crippen molar-refractivity contribution in [3.63, 3.8) is 0 Å². The van der Waals surface area contributed by atoms with Gasteiger partial charge in [0.15, 0.2) is 0 Å². The molecule has 0 bridgehead atoms. The predicted molar refractivity (Wildman–Crippen MR) is 241 cm³/mol. The van der Waals surface area contributed by atoms with Crippen molar-refractivity contribution in [3.05, 3.63) is 215 Å². The fraction of sp³-hybridized carbons (Fsp3) is 0.0769. The molecule has 2 atom stereocenters. The van der Waals surface area contributed by atoms with E-state index in [-0.39, 0.29) is 7.25 Å². The zero-order valence-electron chi connectivity index (χ0n) is 31.4. The van der Waals surface area contributed by atoms with Crippen LogP contribution in [0.25, 0.3) is 56.0 Å². The Morgan fingerprint density at radius 2 is 0.750 bits per heavy atom. The number of hydrogen-bond donors (Lipinski definition) is 0. The van der Waals surface area contributed by atoms with Gasteiger partial charge in [-0.25, -0.2) is 0 Å². The number of hydrogen-bond acceptors (Lipinski definition) is 0. The molecule has 4 heteroatoms. The number of halogens is 2.